The van der Waals surface area contributed by atoms with Gasteiger partial charge in [0, 0.05) is 12.1 Å². The first-order valence-electron chi connectivity index (χ1n) is 7.65. The van der Waals surface area contributed by atoms with Gasteiger partial charge in [-0.1, -0.05) is 42.8 Å². The van der Waals surface area contributed by atoms with Crippen LogP contribution in [0.3, 0.4) is 0 Å². The number of rotatable bonds is 4. The van der Waals surface area contributed by atoms with Crippen molar-refractivity contribution in [3.05, 3.63) is 69.8 Å². The first-order chi connectivity index (χ1) is 11.0. The van der Waals surface area contributed by atoms with Crippen LogP contribution in [0.15, 0.2) is 48.5 Å². The Morgan fingerprint density at radius 1 is 1.17 bits per heavy atom. The predicted molar refractivity (Wildman–Crippen MR) is 88.4 cm³/mol. The van der Waals surface area contributed by atoms with Gasteiger partial charge in [-0.05, 0) is 30.9 Å². The fourth-order valence-electron chi connectivity index (χ4n) is 3.03. The third kappa shape index (κ3) is 2.70. The zero-order chi connectivity index (χ0) is 16.4. The molecule has 0 atom stereocenters. The monoisotopic (exact) mass is 310 g/mol. The van der Waals surface area contributed by atoms with Crippen LogP contribution in [0.1, 0.15) is 30.4 Å². The number of nitrogens with zero attached hydrogens (tertiary/aromatic N) is 1. The maximum Gasteiger partial charge on any atom is 0.271 e. The van der Waals surface area contributed by atoms with Crippen LogP contribution in [-0.4, -0.2) is 10.8 Å². The molecule has 23 heavy (non-hydrogen) atoms. The molecule has 5 nitrogen and oxygen atoms in total. The number of amides is 1. The van der Waals surface area contributed by atoms with E-state index in [-0.39, 0.29) is 11.6 Å². The van der Waals surface area contributed by atoms with Gasteiger partial charge >= 0.3 is 0 Å². The summed E-state index contributed by atoms with van der Waals surface area (Å²) in [7, 11) is 0. The van der Waals surface area contributed by atoms with Crippen LogP contribution in [0.25, 0.3) is 0 Å². The van der Waals surface area contributed by atoms with E-state index in [1.54, 1.807) is 6.07 Å². The highest BCUT2D eigenvalue weighted by Crippen LogP contribution is 2.44. The fraction of sp³-hybridized carbons (Fsp3) is 0.278. The van der Waals surface area contributed by atoms with E-state index in [1.807, 2.05) is 37.3 Å². The second kappa shape index (κ2) is 5.83. The van der Waals surface area contributed by atoms with E-state index in [9.17, 15) is 14.9 Å². The van der Waals surface area contributed by atoms with Crippen molar-refractivity contribution in [2.75, 3.05) is 5.32 Å². The average molecular weight is 310 g/mol. The highest BCUT2D eigenvalue weighted by atomic mass is 16.6. The van der Waals surface area contributed by atoms with Gasteiger partial charge in [0.25, 0.3) is 5.69 Å². The lowest BCUT2D eigenvalue weighted by molar-refractivity contribution is -0.384. The van der Waals surface area contributed by atoms with Gasteiger partial charge in [-0.3, -0.25) is 14.9 Å². The molecule has 118 valence electrons. The quantitative estimate of drug-likeness (QED) is 0.686. The Kier molecular flexibility index (Phi) is 3.86. The topological polar surface area (TPSA) is 72.2 Å². The van der Waals surface area contributed by atoms with Gasteiger partial charge in [-0.2, -0.15) is 0 Å². The Labute approximate surface area is 134 Å². The van der Waals surface area contributed by atoms with Crippen molar-refractivity contribution in [3.63, 3.8) is 0 Å². The fourth-order valence-corrected chi connectivity index (χ4v) is 3.03. The summed E-state index contributed by atoms with van der Waals surface area (Å²) < 4.78 is 0. The van der Waals surface area contributed by atoms with Gasteiger partial charge in [0.05, 0.1) is 16.0 Å². The van der Waals surface area contributed by atoms with Crippen LogP contribution in [0, 0.1) is 17.0 Å². The van der Waals surface area contributed by atoms with E-state index in [0.717, 1.165) is 30.4 Å². The molecule has 2 aromatic carbocycles. The number of nitrogens with one attached hydrogen (secondary N) is 1. The van der Waals surface area contributed by atoms with E-state index in [4.69, 9.17) is 0 Å². The molecule has 0 spiro atoms. The Hall–Kier alpha value is -2.69. The molecule has 1 saturated carbocycles. The van der Waals surface area contributed by atoms with Crippen LogP contribution >= 0.6 is 0 Å². The number of benzene rings is 2. The molecule has 1 N–H and O–H groups in total. The zero-order valence-electron chi connectivity index (χ0n) is 12.9. The summed E-state index contributed by atoms with van der Waals surface area (Å²) >= 11 is 0. The van der Waals surface area contributed by atoms with Gasteiger partial charge in [0.1, 0.15) is 0 Å². The third-order valence-corrected chi connectivity index (χ3v) is 4.65. The SMILES string of the molecule is Cc1ccc([N+](=O)[O-])cc1NC(=O)C1(c2ccccc2)CCC1. The molecular weight excluding hydrogens is 292 g/mol. The number of hydrogen-bond donors (Lipinski definition) is 1. The molecule has 2 aromatic rings. The summed E-state index contributed by atoms with van der Waals surface area (Å²) in [5, 5.41) is 13.8. The molecule has 1 fully saturated rings. The Balaban J connectivity index is 1.89. The lowest BCUT2D eigenvalue weighted by Crippen LogP contribution is -2.46. The molecule has 0 saturated heterocycles. The van der Waals surface area contributed by atoms with Gasteiger partial charge in [0.2, 0.25) is 5.91 Å². The van der Waals surface area contributed by atoms with Crippen molar-refractivity contribution in [1.82, 2.24) is 0 Å². The van der Waals surface area contributed by atoms with Crippen molar-refractivity contribution in [2.24, 2.45) is 0 Å². The first-order valence-corrected chi connectivity index (χ1v) is 7.65. The van der Waals surface area contributed by atoms with Gasteiger partial charge in [-0.25, -0.2) is 0 Å². The van der Waals surface area contributed by atoms with Crippen molar-refractivity contribution >= 4 is 17.3 Å². The highest BCUT2D eigenvalue weighted by Gasteiger charge is 2.45. The highest BCUT2D eigenvalue weighted by molar-refractivity contribution is 6.00. The summed E-state index contributed by atoms with van der Waals surface area (Å²) in [5.41, 5.74) is 1.79. The maximum absolute atomic E-state index is 12.9. The van der Waals surface area contributed by atoms with Crippen LogP contribution in [0.4, 0.5) is 11.4 Å². The van der Waals surface area contributed by atoms with Crippen LogP contribution in [0.5, 0.6) is 0 Å². The summed E-state index contributed by atoms with van der Waals surface area (Å²) in [6, 6.07) is 14.3. The van der Waals surface area contributed by atoms with Gasteiger partial charge < -0.3 is 5.32 Å². The Morgan fingerprint density at radius 3 is 2.43 bits per heavy atom. The normalized spacial score (nSPS) is 15.5. The molecule has 1 amide bonds. The molecular formula is C18H18N2O3. The lowest BCUT2D eigenvalue weighted by Gasteiger charge is -2.40. The predicted octanol–water partition coefficient (Wildman–Crippen LogP) is 3.96. The van der Waals surface area contributed by atoms with E-state index < -0.39 is 10.3 Å². The summed E-state index contributed by atoms with van der Waals surface area (Å²) in [6.07, 6.45) is 2.61. The lowest BCUT2D eigenvalue weighted by atomic mass is 9.64. The first kappa shape index (κ1) is 15.2. The average Bonchev–Trinajstić information content (AvgIpc) is 2.49. The summed E-state index contributed by atoms with van der Waals surface area (Å²) in [6.45, 7) is 1.83. The number of carbonyl (C=O) groups excluding carboxylic acids is 1. The number of carbonyl (C=O) groups is 1. The second-order valence-electron chi connectivity index (χ2n) is 6.01. The van der Waals surface area contributed by atoms with Crippen LogP contribution < -0.4 is 5.32 Å². The summed E-state index contributed by atoms with van der Waals surface area (Å²) in [4.78, 5) is 23.3. The molecule has 0 aromatic heterocycles. The zero-order valence-corrected chi connectivity index (χ0v) is 12.9. The molecule has 0 aliphatic heterocycles. The van der Waals surface area contributed by atoms with Crippen molar-refractivity contribution in [1.29, 1.82) is 0 Å². The van der Waals surface area contributed by atoms with Crippen molar-refractivity contribution < 1.29 is 9.72 Å². The molecule has 1 aliphatic rings. The number of non-ortho nitro benzene ring substituents is 1. The molecule has 0 radical (unpaired) electrons. The van der Waals surface area contributed by atoms with Crippen molar-refractivity contribution in [3.8, 4) is 0 Å². The van der Waals surface area contributed by atoms with Crippen LogP contribution in [-0.2, 0) is 10.2 Å². The van der Waals surface area contributed by atoms with Gasteiger partial charge in [0.15, 0.2) is 0 Å². The van der Waals surface area contributed by atoms with E-state index in [2.05, 4.69) is 5.32 Å². The van der Waals surface area contributed by atoms with Gasteiger partial charge in [-0.15, -0.1) is 0 Å². The number of nitro groups is 1. The van der Waals surface area contributed by atoms with E-state index in [1.165, 1.54) is 12.1 Å². The molecule has 3 rings (SSSR count). The maximum atomic E-state index is 12.9. The summed E-state index contributed by atoms with van der Waals surface area (Å²) in [5.74, 6) is -0.0847. The Bertz CT molecular complexity index is 752. The Morgan fingerprint density at radius 2 is 1.87 bits per heavy atom. The molecule has 1 aliphatic carbocycles. The standard InChI is InChI=1S/C18H18N2O3/c1-13-8-9-15(20(22)23)12-16(13)19-17(21)18(10-5-11-18)14-6-3-2-4-7-14/h2-4,6-9,12H,5,10-11H2,1H3,(H,19,21). The number of hydrogen-bond acceptors (Lipinski definition) is 3. The smallest absolute Gasteiger partial charge is 0.271 e. The minimum atomic E-state index is -0.516. The second-order valence-corrected chi connectivity index (χ2v) is 6.01. The molecule has 0 bridgehead atoms. The van der Waals surface area contributed by atoms with Crippen molar-refractivity contribution in [2.45, 2.75) is 31.6 Å². The number of aryl methyl sites for hydroxylation is 1. The minimum absolute atomic E-state index is 0.0201. The number of anilines is 1. The van der Waals surface area contributed by atoms with Crippen LogP contribution in [0.2, 0.25) is 0 Å². The third-order valence-electron chi connectivity index (χ3n) is 4.65. The van der Waals surface area contributed by atoms with E-state index in [0.29, 0.717) is 5.69 Å². The van der Waals surface area contributed by atoms with E-state index >= 15 is 0 Å². The minimum Gasteiger partial charge on any atom is -0.325 e. The molecule has 5 heteroatoms. The molecule has 0 unspecified atom stereocenters. The number of nitro benzene ring substituents is 1. The largest absolute Gasteiger partial charge is 0.325 e. The molecule has 0 heterocycles.